The molecule has 23 heavy (non-hydrogen) atoms. The number of thiophene rings is 1. The van der Waals surface area contributed by atoms with E-state index in [-0.39, 0.29) is 18.1 Å². The topological polar surface area (TPSA) is 60.5 Å². The van der Waals surface area contributed by atoms with Crippen molar-refractivity contribution in [2.45, 2.75) is 31.9 Å². The van der Waals surface area contributed by atoms with E-state index >= 15 is 0 Å². The van der Waals surface area contributed by atoms with Gasteiger partial charge in [-0.25, -0.2) is 4.98 Å². The van der Waals surface area contributed by atoms with E-state index in [1.54, 1.807) is 23.6 Å². The van der Waals surface area contributed by atoms with Crippen molar-refractivity contribution in [3.8, 4) is 5.88 Å². The van der Waals surface area contributed by atoms with E-state index in [9.17, 15) is 4.79 Å². The summed E-state index contributed by atoms with van der Waals surface area (Å²) in [5.74, 6) is 0.494. The second-order valence-electron chi connectivity index (χ2n) is 5.42. The lowest BCUT2D eigenvalue weighted by Crippen LogP contribution is -2.51. The molecule has 0 spiro atoms. The van der Waals surface area contributed by atoms with E-state index < -0.39 is 0 Å². The molecule has 1 fully saturated rings. The molecule has 5 nitrogen and oxygen atoms in total. The van der Waals surface area contributed by atoms with E-state index in [4.69, 9.17) is 9.47 Å². The third kappa shape index (κ3) is 4.09. The molecule has 1 saturated heterocycles. The summed E-state index contributed by atoms with van der Waals surface area (Å²) in [6.07, 6.45) is 3.13. The normalized spacial score (nSPS) is 20.9. The molecule has 6 heteroatoms. The fraction of sp³-hybridized carbons (Fsp3) is 0.412. The molecule has 0 saturated carbocycles. The number of carbonyl (C=O) groups is 1. The predicted molar refractivity (Wildman–Crippen MR) is 89.0 cm³/mol. The van der Waals surface area contributed by atoms with Gasteiger partial charge in [-0.2, -0.15) is 0 Å². The molecule has 3 rings (SSSR count). The van der Waals surface area contributed by atoms with Gasteiger partial charge >= 0.3 is 0 Å². The highest BCUT2D eigenvalue weighted by molar-refractivity contribution is 7.10. The van der Waals surface area contributed by atoms with Gasteiger partial charge in [0, 0.05) is 29.1 Å². The van der Waals surface area contributed by atoms with Gasteiger partial charge in [0.15, 0.2) is 0 Å². The van der Waals surface area contributed by atoms with Crippen LogP contribution in [0.1, 0.15) is 28.6 Å². The number of carbonyl (C=O) groups excluding carboxylic acids is 1. The number of amides is 1. The quantitative estimate of drug-likeness (QED) is 0.914. The van der Waals surface area contributed by atoms with Gasteiger partial charge in [0.05, 0.1) is 18.2 Å². The van der Waals surface area contributed by atoms with Crippen molar-refractivity contribution >= 4 is 17.2 Å². The van der Waals surface area contributed by atoms with Crippen molar-refractivity contribution in [1.82, 2.24) is 10.3 Å². The minimum atomic E-state index is -0.230. The third-order valence-corrected chi connectivity index (χ3v) is 4.88. The Morgan fingerprint density at radius 2 is 2.43 bits per heavy atom. The minimum absolute atomic E-state index is 0.0533. The van der Waals surface area contributed by atoms with Gasteiger partial charge in [-0.05, 0) is 25.0 Å². The highest BCUT2D eigenvalue weighted by atomic mass is 32.1. The number of nitrogens with one attached hydrogen (secondary N) is 1. The van der Waals surface area contributed by atoms with E-state index in [0.29, 0.717) is 19.1 Å². The molecule has 1 aliphatic heterocycles. The van der Waals surface area contributed by atoms with Crippen molar-refractivity contribution in [3.05, 3.63) is 46.3 Å². The molecule has 1 aliphatic rings. The van der Waals surface area contributed by atoms with Gasteiger partial charge in [0.1, 0.15) is 6.10 Å². The van der Waals surface area contributed by atoms with E-state index in [1.165, 1.54) is 4.88 Å². The van der Waals surface area contributed by atoms with Gasteiger partial charge in [0.2, 0.25) is 5.88 Å². The van der Waals surface area contributed by atoms with Gasteiger partial charge in [-0.3, -0.25) is 4.79 Å². The summed E-state index contributed by atoms with van der Waals surface area (Å²) in [6, 6.07) is 7.39. The van der Waals surface area contributed by atoms with Crippen LogP contribution < -0.4 is 10.1 Å². The summed E-state index contributed by atoms with van der Waals surface area (Å²) in [7, 11) is 0. The zero-order valence-electron chi connectivity index (χ0n) is 13.0. The Morgan fingerprint density at radius 3 is 3.17 bits per heavy atom. The summed E-state index contributed by atoms with van der Waals surface area (Å²) in [4.78, 5) is 17.8. The maximum atomic E-state index is 12.4. The van der Waals surface area contributed by atoms with Crippen LogP contribution in [-0.2, 0) is 11.2 Å². The number of aromatic nitrogens is 1. The molecule has 1 N–H and O–H groups in total. The molecule has 0 aliphatic carbocycles. The highest BCUT2D eigenvalue weighted by Crippen LogP contribution is 2.18. The molecule has 2 aromatic heterocycles. The lowest BCUT2D eigenvalue weighted by atomic mass is 10.1. The molecule has 0 radical (unpaired) electrons. The van der Waals surface area contributed by atoms with E-state index in [0.717, 1.165) is 18.4 Å². The Balaban J connectivity index is 1.65. The molecule has 2 aromatic rings. The number of pyridine rings is 1. The summed E-state index contributed by atoms with van der Waals surface area (Å²) in [6.45, 7) is 3.16. The molecule has 0 aromatic carbocycles. The monoisotopic (exact) mass is 332 g/mol. The van der Waals surface area contributed by atoms with E-state index in [2.05, 4.69) is 17.2 Å². The van der Waals surface area contributed by atoms with Gasteiger partial charge < -0.3 is 14.8 Å². The lowest BCUT2D eigenvalue weighted by Gasteiger charge is -2.31. The van der Waals surface area contributed by atoms with Crippen LogP contribution in [0.15, 0.2) is 35.8 Å². The summed E-state index contributed by atoms with van der Waals surface area (Å²) in [5.41, 5.74) is 0.718. The van der Waals surface area contributed by atoms with Crippen LogP contribution in [0.25, 0.3) is 0 Å². The molecule has 2 atom stereocenters. The Bertz CT molecular complexity index is 644. The number of nitrogens with zero attached hydrogens (tertiary/aromatic N) is 1. The molecule has 0 unspecified atom stereocenters. The first-order valence-corrected chi connectivity index (χ1v) is 8.68. The lowest BCUT2D eigenvalue weighted by molar-refractivity contribution is -0.0152. The Hall–Kier alpha value is -1.92. The molecule has 122 valence electrons. The third-order valence-electron chi connectivity index (χ3n) is 3.79. The minimum Gasteiger partial charge on any atom is -0.470 e. The Labute approximate surface area is 139 Å². The fourth-order valence-corrected chi connectivity index (χ4v) is 3.32. The van der Waals surface area contributed by atoms with Crippen LogP contribution in [0.2, 0.25) is 0 Å². The van der Waals surface area contributed by atoms with Gasteiger partial charge in [0.25, 0.3) is 5.91 Å². The van der Waals surface area contributed by atoms with Crippen molar-refractivity contribution < 1.29 is 14.3 Å². The molecular formula is C17H20N2O3S. The van der Waals surface area contributed by atoms with E-state index in [1.807, 2.05) is 23.6 Å². The predicted octanol–water partition coefficient (Wildman–Crippen LogP) is 2.67. The zero-order valence-corrected chi connectivity index (χ0v) is 13.8. The first kappa shape index (κ1) is 16.0. The first-order valence-electron chi connectivity index (χ1n) is 7.80. The smallest absolute Gasteiger partial charge is 0.252 e. The molecular weight excluding hydrogens is 312 g/mol. The van der Waals surface area contributed by atoms with Crippen LogP contribution in [-0.4, -0.2) is 36.3 Å². The zero-order chi connectivity index (χ0) is 16.1. The van der Waals surface area contributed by atoms with Crippen molar-refractivity contribution in [2.75, 3.05) is 13.2 Å². The fourth-order valence-electron chi connectivity index (χ4n) is 2.50. The SMILES string of the molecule is CCc1cc(C(=O)N[C@@H]2CCOC[C@H]2Oc2ccccn2)cs1. The van der Waals surface area contributed by atoms with Crippen LogP contribution in [0, 0.1) is 0 Å². The van der Waals surface area contributed by atoms with Crippen LogP contribution in [0.3, 0.4) is 0 Å². The second-order valence-corrected chi connectivity index (χ2v) is 6.42. The Kier molecular flexibility index (Phi) is 5.25. The van der Waals surface area contributed by atoms with Crippen molar-refractivity contribution in [1.29, 1.82) is 0 Å². The summed E-state index contributed by atoms with van der Waals surface area (Å²) in [5, 5.41) is 4.98. The van der Waals surface area contributed by atoms with Crippen molar-refractivity contribution in [3.63, 3.8) is 0 Å². The summed E-state index contributed by atoms with van der Waals surface area (Å²) >= 11 is 1.62. The van der Waals surface area contributed by atoms with Crippen LogP contribution in [0.4, 0.5) is 0 Å². The average Bonchev–Trinajstić information content (AvgIpc) is 3.07. The van der Waals surface area contributed by atoms with Crippen molar-refractivity contribution in [2.24, 2.45) is 0 Å². The van der Waals surface area contributed by atoms with Gasteiger partial charge in [-0.1, -0.05) is 13.0 Å². The standard InChI is InChI=1S/C17H20N2O3S/c1-2-13-9-12(11-23-13)17(20)19-14-6-8-21-10-15(14)22-16-5-3-4-7-18-16/h3-5,7,9,11,14-15H,2,6,8,10H2,1H3,(H,19,20)/t14-,15-/m1/s1. The number of aryl methyl sites for hydroxylation is 1. The average molecular weight is 332 g/mol. The number of rotatable bonds is 5. The number of hydrogen-bond acceptors (Lipinski definition) is 5. The largest absolute Gasteiger partial charge is 0.470 e. The van der Waals surface area contributed by atoms with Crippen LogP contribution in [0.5, 0.6) is 5.88 Å². The number of ether oxygens (including phenoxy) is 2. The molecule has 0 bridgehead atoms. The second kappa shape index (κ2) is 7.57. The Morgan fingerprint density at radius 1 is 1.52 bits per heavy atom. The maximum Gasteiger partial charge on any atom is 0.252 e. The molecule has 3 heterocycles. The molecule has 1 amide bonds. The highest BCUT2D eigenvalue weighted by Gasteiger charge is 2.29. The van der Waals surface area contributed by atoms with Gasteiger partial charge in [-0.15, -0.1) is 11.3 Å². The maximum absolute atomic E-state index is 12.4. The van der Waals surface area contributed by atoms with Crippen LogP contribution >= 0.6 is 11.3 Å². The summed E-state index contributed by atoms with van der Waals surface area (Å²) < 4.78 is 11.4. The first-order chi connectivity index (χ1) is 11.3. The number of hydrogen-bond donors (Lipinski definition) is 1.